The zero-order valence-electron chi connectivity index (χ0n) is 8.25. The Morgan fingerprint density at radius 2 is 2.31 bits per heavy atom. The van der Waals surface area contributed by atoms with Gasteiger partial charge in [-0.2, -0.15) is 0 Å². The molecule has 13 heavy (non-hydrogen) atoms. The van der Waals surface area contributed by atoms with Gasteiger partial charge in [0, 0.05) is 19.0 Å². The molecule has 2 rings (SSSR count). The van der Waals surface area contributed by atoms with E-state index in [2.05, 4.69) is 12.2 Å². The van der Waals surface area contributed by atoms with Gasteiger partial charge in [-0.3, -0.25) is 10.1 Å². The molecule has 0 radical (unpaired) electrons. The smallest absolute Gasteiger partial charge is 0.227 e. The van der Waals surface area contributed by atoms with Gasteiger partial charge in [-0.05, 0) is 18.8 Å². The molecule has 1 aliphatic heterocycles. The van der Waals surface area contributed by atoms with E-state index in [-0.39, 0.29) is 0 Å². The summed E-state index contributed by atoms with van der Waals surface area (Å²) in [7, 11) is 0. The summed E-state index contributed by atoms with van der Waals surface area (Å²) in [4.78, 5) is 13.9. The Morgan fingerprint density at radius 3 is 2.85 bits per heavy atom. The third-order valence-electron chi connectivity index (χ3n) is 3.35. The minimum atomic E-state index is 0.319. The van der Waals surface area contributed by atoms with Crippen LogP contribution in [0.4, 0.5) is 0 Å². The monoisotopic (exact) mass is 182 g/mol. The number of nitrogens with one attached hydrogen (secondary N) is 1. The molecule has 2 fully saturated rings. The molecule has 1 aliphatic carbocycles. The lowest BCUT2D eigenvalue weighted by atomic mass is 9.97. The van der Waals surface area contributed by atoms with E-state index in [4.69, 9.17) is 0 Å². The molecule has 2 unspecified atom stereocenters. The molecule has 1 saturated heterocycles. The molecule has 3 heteroatoms. The standard InChI is InChI=1S/C10H18N2O/c1-8-3-2-4-9(8)10(13)12-6-5-11-7-12/h8-9,11H,2-7H2,1H3. The van der Waals surface area contributed by atoms with Crippen LogP contribution in [0.5, 0.6) is 0 Å². The van der Waals surface area contributed by atoms with Gasteiger partial charge in [-0.25, -0.2) is 0 Å². The fourth-order valence-corrected chi connectivity index (χ4v) is 2.44. The molecule has 0 bridgehead atoms. The van der Waals surface area contributed by atoms with E-state index in [1.54, 1.807) is 0 Å². The molecule has 1 saturated carbocycles. The molecule has 1 N–H and O–H groups in total. The van der Waals surface area contributed by atoms with Gasteiger partial charge in [0.05, 0.1) is 6.67 Å². The van der Waals surface area contributed by atoms with Crippen molar-refractivity contribution in [2.75, 3.05) is 19.8 Å². The lowest BCUT2D eigenvalue weighted by Crippen LogP contribution is -2.36. The van der Waals surface area contributed by atoms with Crippen molar-refractivity contribution in [1.29, 1.82) is 0 Å². The van der Waals surface area contributed by atoms with Gasteiger partial charge in [-0.1, -0.05) is 13.3 Å². The number of amides is 1. The van der Waals surface area contributed by atoms with E-state index in [1.807, 2.05) is 4.90 Å². The summed E-state index contributed by atoms with van der Waals surface area (Å²) < 4.78 is 0. The van der Waals surface area contributed by atoms with Crippen LogP contribution in [0.25, 0.3) is 0 Å². The normalized spacial score (nSPS) is 34.1. The van der Waals surface area contributed by atoms with Gasteiger partial charge in [-0.15, -0.1) is 0 Å². The van der Waals surface area contributed by atoms with E-state index in [0.29, 0.717) is 17.7 Å². The maximum absolute atomic E-state index is 11.9. The molecule has 0 aromatic rings. The van der Waals surface area contributed by atoms with Gasteiger partial charge < -0.3 is 4.90 Å². The minimum absolute atomic E-state index is 0.319. The predicted molar refractivity (Wildman–Crippen MR) is 51.1 cm³/mol. The molecule has 0 aromatic heterocycles. The van der Waals surface area contributed by atoms with Crippen molar-refractivity contribution in [2.45, 2.75) is 26.2 Å². The lowest BCUT2D eigenvalue weighted by molar-refractivity contribution is -0.135. The van der Waals surface area contributed by atoms with Crippen LogP contribution in [0.15, 0.2) is 0 Å². The van der Waals surface area contributed by atoms with E-state index in [0.717, 1.165) is 26.2 Å². The first kappa shape index (κ1) is 9.00. The van der Waals surface area contributed by atoms with Crippen LogP contribution < -0.4 is 5.32 Å². The van der Waals surface area contributed by atoms with Crippen LogP contribution in [0.3, 0.4) is 0 Å². The highest BCUT2D eigenvalue weighted by Gasteiger charge is 2.33. The quantitative estimate of drug-likeness (QED) is 0.651. The Bertz CT molecular complexity index is 199. The number of hydrogen-bond acceptors (Lipinski definition) is 2. The first-order valence-electron chi connectivity index (χ1n) is 5.28. The Hall–Kier alpha value is -0.570. The van der Waals surface area contributed by atoms with Crippen LogP contribution in [-0.4, -0.2) is 30.6 Å². The van der Waals surface area contributed by atoms with E-state index >= 15 is 0 Å². The first-order chi connectivity index (χ1) is 6.29. The van der Waals surface area contributed by atoms with Crippen LogP contribution >= 0.6 is 0 Å². The molecule has 0 aromatic carbocycles. The molecule has 2 aliphatic rings. The zero-order valence-corrected chi connectivity index (χ0v) is 8.25. The Labute approximate surface area is 79.5 Å². The van der Waals surface area contributed by atoms with Crippen LogP contribution in [0.1, 0.15) is 26.2 Å². The second kappa shape index (κ2) is 3.66. The molecule has 1 heterocycles. The van der Waals surface area contributed by atoms with Gasteiger partial charge in [0.15, 0.2) is 0 Å². The number of carbonyl (C=O) groups is 1. The third-order valence-corrected chi connectivity index (χ3v) is 3.35. The second-order valence-electron chi connectivity index (χ2n) is 4.27. The predicted octanol–water partition coefficient (Wildman–Crippen LogP) is 0.812. The van der Waals surface area contributed by atoms with Crippen LogP contribution in [0.2, 0.25) is 0 Å². The molecule has 2 atom stereocenters. The van der Waals surface area contributed by atoms with Gasteiger partial charge >= 0.3 is 0 Å². The number of carbonyl (C=O) groups excluding carboxylic acids is 1. The summed E-state index contributed by atoms with van der Waals surface area (Å²) in [5.41, 5.74) is 0. The Morgan fingerprint density at radius 1 is 1.46 bits per heavy atom. The van der Waals surface area contributed by atoms with Crippen molar-refractivity contribution in [1.82, 2.24) is 10.2 Å². The van der Waals surface area contributed by atoms with E-state index < -0.39 is 0 Å². The summed E-state index contributed by atoms with van der Waals surface area (Å²) >= 11 is 0. The second-order valence-corrected chi connectivity index (χ2v) is 4.27. The number of hydrogen-bond donors (Lipinski definition) is 1. The van der Waals surface area contributed by atoms with E-state index in [9.17, 15) is 4.79 Å². The molecule has 74 valence electrons. The maximum Gasteiger partial charge on any atom is 0.227 e. The molecular weight excluding hydrogens is 164 g/mol. The van der Waals surface area contributed by atoms with Crippen LogP contribution in [0, 0.1) is 11.8 Å². The van der Waals surface area contributed by atoms with Crippen molar-refractivity contribution in [3.05, 3.63) is 0 Å². The fraction of sp³-hybridized carbons (Fsp3) is 0.900. The molecular formula is C10H18N2O. The third kappa shape index (κ3) is 1.70. The van der Waals surface area contributed by atoms with Crippen molar-refractivity contribution in [2.24, 2.45) is 11.8 Å². The average molecular weight is 182 g/mol. The molecule has 3 nitrogen and oxygen atoms in total. The summed E-state index contributed by atoms with van der Waals surface area (Å²) in [6, 6.07) is 0. The SMILES string of the molecule is CC1CCCC1C(=O)N1CCNC1. The van der Waals surface area contributed by atoms with Gasteiger partial charge in [0.1, 0.15) is 0 Å². The fourth-order valence-electron chi connectivity index (χ4n) is 2.44. The van der Waals surface area contributed by atoms with Gasteiger partial charge in [0.25, 0.3) is 0 Å². The summed E-state index contributed by atoms with van der Waals surface area (Å²) in [5.74, 6) is 1.31. The summed E-state index contributed by atoms with van der Waals surface area (Å²) in [5, 5.41) is 3.20. The van der Waals surface area contributed by atoms with E-state index in [1.165, 1.54) is 12.8 Å². The van der Waals surface area contributed by atoms with Crippen LogP contribution in [-0.2, 0) is 4.79 Å². The molecule has 1 amide bonds. The summed E-state index contributed by atoms with van der Waals surface area (Å²) in [6.45, 7) is 4.84. The maximum atomic E-state index is 11.9. The number of nitrogens with zero attached hydrogens (tertiary/aromatic N) is 1. The highest BCUT2D eigenvalue weighted by molar-refractivity contribution is 5.79. The molecule has 0 spiro atoms. The largest absolute Gasteiger partial charge is 0.328 e. The highest BCUT2D eigenvalue weighted by Crippen LogP contribution is 2.32. The number of rotatable bonds is 1. The average Bonchev–Trinajstić information content (AvgIpc) is 2.72. The highest BCUT2D eigenvalue weighted by atomic mass is 16.2. The van der Waals surface area contributed by atoms with Crippen molar-refractivity contribution >= 4 is 5.91 Å². The minimum Gasteiger partial charge on any atom is -0.328 e. The topological polar surface area (TPSA) is 32.3 Å². The van der Waals surface area contributed by atoms with Crippen molar-refractivity contribution in [3.63, 3.8) is 0 Å². The van der Waals surface area contributed by atoms with Crippen molar-refractivity contribution in [3.8, 4) is 0 Å². The lowest BCUT2D eigenvalue weighted by Gasteiger charge is -2.21. The van der Waals surface area contributed by atoms with Crippen molar-refractivity contribution < 1.29 is 4.79 Å². The van der Waals surface area contributed by atoms with Gasteiger partial charge in [0.2, 0.25) is 5.91 Å². The Balaban J connectivity index is 1.95. The zero-order chi connectivity index (χ0) is 9.26. The Kier molecular flexibility index (Phi) is 2.54. The summed E-state index contributed by atoms with van der Waals surface area (Å²) in [6.07, 6.45) is 3.58. The first-order valence-corrected chi connectivity index (χ1v) is 5.28.